The Labute approximate surface area is 123 Å². The largest absolute Gasteiger partial charge is 0.303 e. The van der Waals surface area contributed by atoms with Crippen LogP contribution in [0, 0.1) is 5.92 Å². The molecular weight excluding hydrogens is 246 g/mol. The molecule has 1 aliphatic rings. The average molecular weight is 273 g/mol. The fourth-order valence-corrected chi connectivity index (χ4v) is 3.12. The summed E-state index contributed by atoms with van der Waals surface area (Å²) >= 11 is 0. The van der Waals surface area contributed by atoms with Crippen molar-refractivity contribution >= 4 is 5.78 Å². The van der Waals surface area contributed by atoms with Crippen LogP contribution in [0.3, 0.4) is 0 Å². The molecule has 1 aromatic carbocycles. The van der Waals surface area contributed by atoms with Gasteiger partial charge in [0.2, 0.25) is 0 Å². The van der Waals surface area contributed by atoms with Crippen molar-refractivity contribution in [3.8, 4) is 0 Å². The van der Waals surface area contributed by atoms with Crippen LogP contribution in [0.25, 0.3) is 0 Å². The third-order valence-electron chi connectivity index (χ3n) is 4.62. The van der Waals surface area contributed by atoms with Crippen molar-refractivity contribution in [2.75, 3.05) is 13.6 Å². The molecule has 2 nitrogen and oxygen atoms in total. The first-order chi connectivity index (χ1) is 9.66. The van der Waals surface area contributed by atoms with Gasteiger partial charge in [-0.2, -0.15) is 0 Å². The van der Waals surface area contributed by atoms with Gasteiger partial charge in [-0.3, -0.25) is 4.79 Å². The smallest absolute Gasteiger partial charge is 0.162 e. The highest BCUT2D eigenvalue weighted by atomic mass is 16.1. The second kappa shape index (κ2) is 7.58. The van der Waals surface area contributed by atoms with Gasteiger partial charge in [-0.1, -0.05) is 37.3 Å². The monoisotopic (exact) mass is 273 g/mol. The second-order valence-corrected chi connectivity index (χ2v) is 6.29. The molecule has 0 atom stereocenters. The molecule has 0 unspecified atom stereocenters. The molecule has 1 saturated carbocycles. The van der Waals surface area contributed by atoms with Crippen molar-refractivity contribution in [2.45, 2.75) is 51.5 Å². The molecule has 1 aromatic rings. The number of ketones is 1. The molecule has 2 heteroatoms. The maximum Gasteiger partial charge on any atom is 0.162 e. The Morgan fingerprint density at radius 1 is 1.15 bits per heavy atom. The number of benzene rings is 1. The number of Topliss-reactive ketones (excluding diaryl/α,β-unsaturated/α-hetero) is 1. The molecule has 0 aromatic heterocycles. The minimum atomic E-state index is 0.274. The second-order valence-electron chi connectivity index (χ2n) is 6.29. The number of rotatable bonds is 6. The van der Waals surface area contributed by atoms with E-state index in [0.29, 0.717) is 6.42 Å². The zero-order chi connectivity index (χ0) is 14.4. The molecule has 0 N–H and O–H groups in total. The van der Waals surface area contributed by atoms with Crippen LogP contribution in [0.5, 0.6) is 0 Å². The minimum absolute atomic E-state index is 0.274. The van der Waals surface area contributed by atoms with Gasteiger partial charge < -0.3 is 4.90 Å². The van der Waals surface area contributed by atoms with Gasteiger partial charge in [0.25, 0.3) is 0 Å². The summed E-state index contributed by atoms with van der Waals surface area (Å²) in [6.45, 7) is 3.40. The van der Waals surface area contributed by atoms with E-state index in [1.54, 1.807) is 0 Å². The van der Waals surface area contributed by atoms with Gasteiger partial charge in [0.05, 0.1) is 0 Å². The Morgan fingerprint density at radius 3 is 2.45 bits per heavy atom. The fraction of sp³-hybridized carbons (Fsp3) is 0.611. The van der Waals surface area contributed by atoms with Crippen molar-refractivity contribution in [1.82, 2.24) is 4.90 Å². The predicted molar refractivity (Wildman–Crippen MR) is 84.1 cm³/mol. The van der Waals surface area contributed by atoms with E-state index in [1.165, 1.54) is 25.7 Å². The molecule has 110 valence electrons. The molecular formula is C18H27NO. The van der Waals surface area contributed by atoms with Crippen LogP contribution < -0.4 is 0 Å². The summed E-state index contributed by atoms with van der Waals surface area (Å²) in [5, 5.41) is 0. The van der Waals surface area contributed by atoms with Crippen LogP contribution in [0.15, 0.2) is 30.3 Å². The lowest BCUT2D eigenvalue weighted by molar-refractivity contribution is 0.0969. The standard InChI is InChI=1S/C18H27NO/c1-15-10-12-17(13-11-15)19(2)14-6-9-18(20)16-7-4-3-5-8-16/h3-5,7-8,15,17H,6,9-14H2,1-2H3. The third-order valence-corrected chi connectivity index (χ3v) is 4.62. The lowest BCUT2D eigenvalue weighted by Gasteiger charge is -2.33. The van der Waals surface area contributed by atoms with Gasteiger partial charge in [-0.15, -0.1) is 0 Å². The SMILES string of the molecule is CC1CCC(N(C)CCCC(=O)c2ccccc2)CC1. The average Bonchev–Trinajstić information content (AvgIpc) is 2.48. The Hall–Kier alpha value is -1.15. The Balaban J connectivity index is 1.69. The van der Waals surface area contributed by atoms with Crippen molar-refractivity contribution in [1.29, 1.82) is 0 Å². The van der Waals surface area contributed by atoms with Crippen LogP contribution in [0.1, 0.15) is 55.8 Å². The molecule has 0 heterocycles. The van der Waals surface area contributed by atoms with Crippen molar-refractivity contribution in [2.24, 2.45) is 5.92 Å². The van der Waals surface area contributed by atoms with E-state index in [1.807, 2.05) is 30.3 Å². The van der Waals surface area contributed by atoms with Crippen LogP contribution in [-0.2, 0) is 0 Å². The molecule has 0 radical (unpaired) electrons. The highest BCUT2D eigenvalue weighted by Gasteiger charge is 2.21. The molecule has 20 heavy (non-hydrogen) atoms. The number of carbonyl (C=O) groups is 1. The summed E-state index contributed by atoms with van der Waals surface area (Å²) in [7, 11) is 2.22. The van der Waals surface area contributed by atoms with E-state index in [9.17, 15) is 4.79 Å². The minimum Gasteiger partial charge on any atom is -0.303 e. The van der Waals surface area contributed by atoms with E-state index in [-0.39, 0.29) is 5.78 Å². The highest BCUT2D eigenvalue weighted by Crippen LogP contribution is 2.26. The summed E-state index contributed by atoms with van der Waals surface area (Å²) in [4.78, 5) is 14.5. The first-order valence-electron chi connectivity index (χ1n) is 7.95. The molecule has 2 rings (SSSR count). The Morgan fingerprint density at radius 2 is 1.80 bits per heavy atom. The van der Waals surface area contributed by atoms with E-state index in [2.05, 4.69) is 18.9 Å². The quantitative estimate of drug-likeness (QED) is 0.725. The topological polar surface area (TPSA) is 20.3 Å². The van der Waals surface area contributed by atoms with Crippen molar-refractivity contribution in [3.63, 3.8) is 0 Å². The van der Waals surface area contributed by atoms with Crippen molar-refractivity contribution in [3.05, 3.63) is 35.9 Å². The maximum absolute atomic E-state index is 12.0. The lowest BCUT2D eigenvalue weighted by Crippen LogP contribution is -2.35. The maximum atomic E-state index is 12.0. The van der Waals surface area contributed by atoms with E-state index in [4.69, 9.17) is 0 Å². The van der Waals surface area contributed by atoms with Crippen LogP contribution in [-0.4, -0.2) is 30.3 Å². The summed E-state index contributed by atoms with van der Waals surface area (Å²) in [5.74, 6) is 1.18. The Kier molecular flexibility index (Phi) is 5.78. The van der Waals surface area contributed by atoms with Crippen LogP contribution >= 0.6 is 0 Å². The van der Waals surface area contributed by atoms with Gasteiger partial charge in [0.1, 0.15) is 0 Å². The molecule has 0 spiro atoms. The normalized spacial score (nSPS) is 22.9. The predicted octanol–water partition coefficient (Wildman–Crippen LogP) is 4.16. The van der Waals surface area contributed by atoms with Gasteiger partial charge in [0.15, 0.2) is 5.78 Å². The molecule has 0 amide bonds. The number of carbonyl (C=O) groups excluding carboxylic acids is 1. The van der Waals surface area contributed by atoms with Crippen LogP contribution in [0.4, 0.5) is 0 Å². The number of nitrogens with zero attached hydrogens (tertiary/aromatic N) is 1. The van der Waals surface area contributed by atoms with Crippen LogP contribution in [0.2, 0.25) is 0 Å². The van der Waals surface area contributed by atoms with Crippen molar-refractivity contribution < 1.29 is 4.79 Å². The summed E-state index contributed by atoms with van der Waals surface area (Å²) in [5.41, 5.74) is 0.849. The first kappa shape index (κ1) is 15.2. The summed E-state index contributed by atoms with van der Waals surface area (Å²) in [6, 6.07) is 10.4. The molecule has 1 fully saturated rings. The van der Waals surface area contributed by atoms with E-state index >= 15 is 0 Å². The van der Waals surface area contributed by atoms with Gasteiger partial charge >= 0.3 is 0 Å². The number of hydrogen-bond donors (Lipinski definition) is 0. The molecule has 1 aliphatic carbocycles. The lowest BCUT2D eigenvalue weighted by atomic mass is 9.86. The van der Waals surface area contributed by atoms with Gasteiger partial charge in [-0.05, 0) is 51.6 Å². The molecule has 0 aliphatic heterocycles. The molecule has 0 saturated heterocycles. The van der Waals surface area contributed by atoms with E-state index in [0.717, 1.165) is 30.5 Å². The fourth-order valence-electron chi connectivity index (χ4n) is 3.12. The summed E-state index contributed by atoms with van der Waals surface area (Å²) < 4.78 is 0. The first-order valence-corrected chi connectivity index (χ1v) is 7.95. The Bertz CT molecular complexity index is 407. The molecule has 0 bridgehead atoms. The van der Waals surface area contributed by atoms with E-state index < -0.39 is 0 Å². The zero-order valence-electron chi connectivity index (χ0n) is 12.8. The van der Waals surface area contributed by atoms with Gasteiger partial charge in [0, 0.05) is 18.0 Å². The zero-order valence-corrected chi connectivity index (χ0v) is 12.8. The summed E-state index contributed by atoms with van der Waals surface area (Å²) in [6.07, 6.45) is 7.00. The number of hydrogen-bond acceptors (Lipinski definition) is 2. The highest BCUT2D eigenvalue weighted by molar-refractivity contribution is 5.95. The van der Waals surface area contributed by atoms with Gasteiger partial charge in [-0.25, -0.2) is 0 Å². The third kappa shape index (κ3) is 4.45.